The van der Waals surface area contributed by atoms with Crippen molar-refractivity contribution in [3.8, 4) is 0 Å². The van der Waals surface area contributed by atoms with Crippen LogP contribution in [-0.4, -0.2) is 35.4 Å². The summed E-state index contributed by atoms with van der Waals surface area (Å²) < 4.78 is 1.97. The van der Waals surface area contributed by atoms with Crippen LogP contribution in [0, 0.1) is 0 Å². The molecule has 0 spiro atoms. The Bertz CT molecular complexity index is 1010. The summed E-state index contributed by atoms with van der Waals surface area (Å²) in [6.07, 6.45) is 6.55. The SMILES string of the molecule is CCNC(=NCc1cnn(Cc2ccccc2)c1)NC(C)c1cccc(N2CCCC2)c1.I. The summed E-state index contributed by atoms with van der Waals surface area (Å²) in [5, 5.41) is 11.4. The number of aromatic nitrogens is 2. The van der Waals surface area contributed by atoms with Crippen LogP contribution >= 0.6 is 24.0 Å². The van der Waals surface area contributed by atoms with E-state index in [1.807, 2.05) is 16.9 Å². The van der Waals surface area contributed by atoms with Gasteiger partial charge in [0.25, 0.3) is 0 Å². The monoisotopic (exact) mass is 558 g/mol. The van der Waals surface area contributed by atoms with Gasteiger partial charge in [0.15, 0.2) is 5.96 Å². The van der Waals surface area contributed by atoms with Crippen LogP contribution in [0.5, 0.6) is 0 Å². The molecule has 2 aromatic carbocycles. The molecule has 7 heteroatoms. The number of aliphatic imine (C=N–C) groups is 1. The summed E-state index contributed by atoms with van der Waals surface area (Å²) in [5.74, 6) is 0.822. The van der Waals surface area contributed by atoms with Crippen LogP contribution in [0.2, 0.25) is 0 Å². The van der Waals surface area contributed by atoms with Gasteiger partial charge in [0.2, 0.25) is 0 Å². The molecule has 6 nitrogen and oxygen atoms in total. The molecule has 1 aliphatic heterocycles. The van der Waals surface area contributed by atoms with Gasteiger partial charge in [-0.15, -0.1) is 24.0 Å². The fourth-order valence-electron chi connectivity index (χ4n) is 4.09. The van der Waals surface area contributed by atoms with Gasteiger partial charge in [0, 0.05) is 37.1 Å². The van der Waals surface area contributed by atoms with E-state index < -0.39 is 0 Å². The molecule has 0 bridgehead atoms. The molecule has 0 saturated carbocycles. The van der Waals surface area contributed by atoms with Crippen molar-refractivity contribution >= 4 is 35.6 Å². The first-order valence-corrected chi connectivity index (χ1v) is 11.7. The summed E-state index contributed by atoms with van der Waals surface area (Å²) in [6, 6.07) is 19.4. The first kappa shape index (κ1) is 25.1. The van der Waals surface area contributed by atoms with Gasteiger partial charge in [-0.05, 0) is 49.9 Å². The number of halogens is 1. The average Bonchev–Trinajstić information content (AvgIpc) is 3.51. The maximum absolute atomic E-state index is 4.80. The first-order valence-electron chi connectivity index (χ1n) is 11.7. The molecule has 1 atom stereocenters. The van der Waals surface area contributed by atoms with E-state index in [9.17, 15) is 0 Å². The van der Waals surface area contributed by atoms with E-state index in [0.717, 1.165) is 37.7 Å². The lowest BCUT2D eigenvalue weighted by atomic mass is 10.1. The van der Waals surface area contributed by atoms with E-state index in [4.69, 9.17) is 4.99 Å². The van der Waals surface area contributed by atoms with Crippen LogP contribution in [0.4, 0.5) is 5.69 Å². The second kappa shape index (κ2) is 12.6. The molecule has 176 valence electrons. The molecule has 0 radical (unpaired) electrons. The molecule has 1 saturated heterocycles. The van der Waals surface area contributed by atoms with Gasteiger partial charge in [-0.25, -0.2) is 4.99 Å². The molecule has 3 aromatic rings. The zero-order valence-corrected chi connectivity index (χ0v) is 21.9. The summed E-state index contributed by atoms with van der Waals surface area (Å²) in [5.41, 5.74) is 4.93. The van der Waals surface area contributed by atoms with E-state index in [2.05, 4.69) is 89.2 Å². The number of guanidine groups is 1. The van der Waals surface area contributed by atoms with Gasteiger partial charge in [-0.1, -0.05) is 42.5 Å². The van der Waals surface area contributed by atoms with Gasteiger partial charge in [0.1, 0.15) is 0 Å². The highest BCUT2D eigenvalue weighted by Crippen LogP contribution is 2.24. The highest BCUT2D eigenvalue weighted by Gasteiger charge is 2.14. The van der Waals surface area contributed by atoms with Crippen LogP contribution in [-0.2, 0) is 13.1 Å². The molecule has 4 rings (SSSR count). The van der Waals surface area contributed by atoms with Gasteiger partial charge in [-0.3, -0.25) is 4.68 Å². The van der Waals surface area contributed by atoms with E-state index in [0.29, 0.717) is 6.54 Å². The van der Waals surface area contributed by atoms with Crippen molar-refractivity contribution in [3.05, 3.63) is 83.7 Å². The van der Waals surface area contributed by atoms with Crippen molar-refractivity contribution in [2.45, 2.75) is 45.8 Å². The van der Waals surface area contributed by atoms with Crippen LogP contribution in [0.3, 0.4) is 0 Å². The van der Waals surface area contributed by atoms with E-state index >= 15 is 0 Å². The third-order valence-electron chi connectivity index (χ3n) is 5.83. The van der Waals surface area contributed by atoms with Gasteiger partial charge in [-0.2, -0.15) is 5.10 Å². The number of hydrogen-bond acceptors (Lipinski definition) is 3. The fraction of sp³-hybridized carbons (Fsp3) is 0.385. The predicted molar refractivity (Wildman–Crippen MR) is 147 cm³/mol. The van der Waals surface area contributed by atoms with Crippen LogP contribution < -0.4 is 15.5 Å². The maximum atomic E-state index is 4.80. The van der Waals surface area contributed by atoms with E-state index in [1.54, 1.807) is 0 Å². The minimum Gasteiger partial charge on any atom is -0.372 e. The average molecular weight is 559 g/mol. The molecule has 1 aliphatic rings. The normalized spacial score (nSPS) is 14.6. The molecule has 1 aromatic heterocycles. The molecule has 0 aliphatic carbocycles. The number of hydrogen-bond donors (Lipinski definition) is 2. The minimum absolute atomic E-state index is 0. The number of nitrogens with zero attached hydrogens (tertiary/aromatic N) is 4. The number of rotatable bonds is 8. The Morgan fingerprint density at radius 2 is 1.85 bits per heavy atom. The number of anilines is 1. The van der Waals surface area contributed by atoms with E-state index in [-0.39, 0.29) is 30.0 Å². The zero-order valence-electron chi connectivity index (χ0n) is 19.6. The number of benzene rings is 2. The Morgan fingerprint density at radius 1 is 1.06 bits per heavy atom. The fourth-order valence-corrected chi connectivity index (χ4v) is 4.09. The summed E-state index contributed by atoms with van der Waals surface area (Å²) in [4.78, 5) is 7.27. The van der Waals surface area contributed by atoms with Crippen LogP contribution in [0.15, 0.2) is 72.0 Å². The number of nitrogens with one attached hydrogen (secondary N) is 2. The maximum Gasteiger partial charge on any atom is 0.192 e. The lowest BCUT2D eigenvalue weighted by Gasteiger charge is -2.22. The van der Waals surface area contributed by atoms with Gasteiger partial charge >= 0.3 is 0 Å². The molecular formula is C26H35IN6. The molecule has 33 heavy (non-hydrogen) atoms. The topological polar surface area (TPSA) is 57.5 Å². The second-order valence-corrected chi connectivity index (χ2v) is 8.38. The Morgan fingerprint density at radius 3 is 2.61 bits per heavy atom. The summed E-state index contributed by atoms with van der Waals surface area (Å²) >= 11 is 0. The van der Waals surface area contributed by atoms with Crippen molar-refractivity contribution in [2.24, 2.45) is 4.99 Å². The van der Waals surface area contributed by atoms with Crippen molar-refractivity contribution < 1.29 is 0 Å². The highest BCUT2D eigenvalue weighted by atomic mass is 127. The van der Waals surface area contributed by atoms with Crippen molar-refractivity contribution in [2.75, 3.05) is 24.5 Å². The lowest BCUT2D eigenvalue weighted by Crippen LogP contribution is -2.38. The smallest absolute Gasteiger partial charge is 0.192 e. The standard InChI is InChI=1S/C26H34N6.HI/c1-3-27-26(28-17-23-18-29-32(20-23)19-22-10-5-4-6-11-22)30-21(2)24-12-9-13-25(16-24)31-14-7-8-15-31;/h4-6,9-13,16,18,20-21H,3,7-8,14-15,17,19H2,1-2H3,(H2,27,28,30);1H. The molecule has 1 unspecified atom stereocenters. The largest absolute Gasteiger partial charge is 0.372 e. The predicted octanol–water partition coefficient (Wildman–Crippen LogP) is 4.97. The third kappa shape index (κ3) is 7.22. The Balaban J connectivity index is 0.00000306. The summed E-state index contributed by atoms with van der Waals surface area (Å²) in [7, 11) is 0. The Hall–Kier alpha value is -2.55. The molecular weight excluding hydrogens is 523 g/mol. The van der Waals surface area contributed by atoms with Gasteiger partial charge in [0.05, 0.1) is 25.3 Å². The zero-order chi connectivity index (χ0) is 22.2. The molecule has 2 heterocycles. The molecule has 2 N–H and O–H groups in total. The Kier molecular flexibility index (Phi) is 9.60. The van der Waals surface area contributed by atoms with Crippen LogP contribution in [0.1, 0.15) is 49.4 Å². The van der Waals surface area contributed by atoms with Crippen molar-refractivity contribution in [1.29, 1.82) is 0 Å². The second-order valence-electron chi connectivity index (χ2n) is 8.38. The lowest BCUT2D eigenvalue weighted by molar-refractivity contribution is 0.683. The third-order valence-corrected chi connectivity index (χ3v) is 5.83. The van der Waals surface area contributed by atoms with Crippen molar-refractivity contribution in [3.63, 3.8) is 0 Å². The van der Waals surface area contributed by atoms with Gasteiger partial charge < -0.3 is 15.5 Å². The minimum atomic E-state index is 0. The quantitative estimate of drug-likeness (QED) is 0.233. The Labute approximate surface area is 214 Å². The molecule has 1 fully saturated rings. The highest BCUT2D eigenvalue weighted by molar-refractivity contribution is 14.0. The van der Waals surface area contributed by atoms with E-state index in [1.165, 1.54) is 29.7 Å². The van der Waals surface area contributed by atoms with Crippen molar-refractivity contribution in [1.82, 2.24) is 20.4 Å². The van der Waals surface area contributed by atoms with Crippen LogP contribution in [0.25, 0.3) is 0 Å². The first-order chi connectivity index (χ1) is 15.7. The molecule has 0 amide bonds. The summed E-state index contributed by atoms with van der Waals surface area (Å²) in [6.45, 7) is 8.78.